The van der Waals surface area contributed by atoms with Crippen LogP contribution in [0.4, 0.5) is 10.5 Å². The van der Waals surface area contributed by atoms with E-state index in [1.807, 2.05) is 30.3 Å². The van der Waals surface area contributed by atoms with Crippen LogP contribution in [0.1, 0.15) is 25.7 Å². The van der Waals surface area contributed by atoms with Crippen molar-refractivity contribution in [3.63, 3.8) is 0 Å². The van der Waals surface area contributed by atoms with Gasteiger partial charge in [-0.15, -0.1) is 0 Å². The molecule has 3 aliphatic rings. The second-order valence-corrected chi connectivity index (χ2v) is 6.43. The Morgan fingerprint density at radius 1 is 0.955 bits per heavy atom. The van der Waals surface area contributed by atoms with Gasteiger partial charge in [0.25, 0.3) is 5.91 Å². The van der Waals surface area contributed by atoms with Crippen LogP contribution in [0.25, 0.3) is 0 Å². The summed E-state index contributed by atoms with van der Waals surface area (Å²) in [6.07, 6.45) is 5.05. The van der Waals surface area contributed by atoms with E-state index < -0.39 is 0 Å². The zero-order chi connectivity index (χ0) is 15.1. The maximum Gasteiger partial charge on any atom is 0.332 e. The lowest BCUT2D eigenvalue weighted by atomic mass is 10.1. The van der Waals surface area contributed by atoms with E-state index >= 15 is 0 Å². The van der Waals surface area contributed by atoms with Crippen LogP contribution >= 0.6 is 0 Å². The molecule has 5 heteroatoms. The number of fused-ring (bicyclic) bond motifs is 1. The van der Waals surface area contributed by atoms with E-state index in [1.54, 1.807) is 4.90 Å². The number of para-hydroxylation sites is 1. The number of nitrogens with zero attached hydrogens (tertiary/aromatic N) is 3. The van der Waals surface area contributed by atoms with Gasteiger partial charge in [-0.05, 0) is 25.0 Å². The van der Waals surface area contributed by atoms with Crippen molar-refractivity contribution in [3.8, 4) is 0 Å². The highest BCUT2D eigenvalue weighted by atomic mass is 16.2. The Morgan fingerprint density at radius 3 is 2.41 bits per heavy atom. The molecule has 0 N–H and O–H groups in total. The fourth-order valence-electron chi connectivity index (χ4n) is 4.03. The van der Waals surface area contributed by atoms with E-state index in [1.165, 1.54) is 30.6 Å². The first-order chi connectivity index (χ1) is 10.8. The summed E-state index contributed by atoms with van der Waals surface area (Å²) in [6, 6.07) is 9.40. The maximum atomic E-state index is 12.7. The van der Waals surface area contributed by atoms with E-state index in [0.29, 0.717) is 24.8 Å². The third-order valence-electron chi connectivity index (χ3n) is 5.21. The zero-order valence-corrected chi connectivity index (χ0v) is 12.6. The normalized spacial score (nSPS) is 26.8. The van der Waals surface area contributed by atoms with Crippen LogP contribution in [0.5, 0.6) is 0 Å². The first-order valence-electron chi connectivity index (χ1n) is 8.19. The monoisotopic (exact) mass is 299 g/mol. The number of hydrogen-bond donors (Lipinski definition) is 0. The molecule has 116 valence electrons. The average Bonchev–Trinajstić information content (AvgIpc) is 3.16. The topological polar surface area (TPSA) is 43.9 Å². The van der Waals surface area contributed by atoms with Crippen LogP contribution in [-0.4, -0.2) is 53.5 Å². The molecule has 3 amide bonds. The van der Waals surface area contributed by atoms with Gasteiger partial charge in [-0.1, -0.05) is 31.0 Å². The molecule has 2 aliphatic heterocycles. The number of hydrogen-bond acceptors (Lipinski definition) is 3. The molecule has 5 nitrogen and oxygen atoms in total. The molecule has 0 unspecified atom stereocenters. The van der Waals surface area contributed by atoms with Crippen LogP contribution in [0.2, 0.25) is 0 Å². The standard InChI is InChI=1S/C17H21N3O2/c21-16-15-12-18(13-6-4-5-7-13)10-11-19(15)17(22)20(16)14-8-2-1-3-9-14/h1-3,8-9,13,15H,4-7,10-12H2/t15-/m0/s1. The molecular weight excluding hydrogens is 278 g/mol. The minimum absolute atomic E-state index is 0.0705. The van der Waals surface area contributed by atoms with Gasteiger partial charge < -0.3 is 4.90 Å². The fourth-order valence-corrected chi connectivity index (χ4v) is 4.03. The van der Waals surface area contributed by atoms with Crippen molar-refractivity contribution in [1.82, 2.24) is 9.80 Å². The van der Waals surface area contributed by atoms with Crippen molar-refractivity contribution >= 4 is 17.6 Å². The highest BCUT2D eigenvalue weighted by Gasteiger charge is 2.49. The third kappa shape index (κ3) is 2.11. The third-order valence-corrected chi connectivity index (χ3v) is 5.21. The van der Waals surface area contributed by atoms with Crippen LogP contribution < -0.4 is 4.90 Å². The number of piperazine rings is 1. The largest absolute Gasteiger partial charge is 0.332 e. The average molecular weight is 299 g/mol. The number of imide groups is 1. The zero-order valence-electron chi connectivity index (χ0n) is 12.6. The Bertz CT molecular complexity index is 583. The summed E-state index contributed by atoms with van der Waals surface area (Å²) < 4.78 is 0. The fraction of sp³-hybridized carbons (Fsp3) is 0.529. The summed E-state index contributed by atoms with van der Waals surface area (Å²) in [7, 11) is 0. The van der Waals surface area contributed by atoms with Crippen molar-refractivity contribution in [1.29, 1.82) is 0 Å². The first kappa shape index (κ1) is 13.8. The number of carbonyl (C=O) groups is 2. The molecule has 2 saturated heterocycles. The molecule has 0 spiro atoms. The number of benzene rings is 1. The van der Waals surface area contributed by atoms with Gasteiger partial charge in [0.15, 0.2) is 0 Å². The summed E-state index contributed by atoms with van der Waals surface area (Å²) in [4.78, 5) is 30.9. The molecule has 1 aromatic rings. The number of anilines is 1. The van der Waals surface area contributed by atoms with Gasteiger partial charge in [-0.3, -0.25) is 9.69 Å². The molecule has 2 heterocycles. The number of urea groups is 1. The minimum Gasteiger partial charge on any atom is -0.309 e. The van der Waals surface area contributed by atoms with Gasteiger partial charge >= 0.3 is 6.03 Å². The summed E-state index contributed by atoms with van der Waals surface area (Å²) in [6.45, 7) is 2.25. The van der Waals surface area contributed by atoms with Gasteiger partial charge in [-0.25, -0.2) is 9.69 Å². The lowest BCUT2D eigenvalue weighted by Crippen LogP contribution is -2.55. The van der Waals surface area contributed by atoms with Gasteiger partial charge in [0, 0.05) is 25.7 Å². The molecular formula is C17H21N3O2. The molecule has 0 aromatic heterocycles. The predicted molar refractivity (Wildman–Crippen MR) is 83.6 cm³/mol. The summed E-state index contributed by atoms with van der Waals surface area (Å²) in [5.41, 5.74) is 0.680. The van der Waals surface area contributed by atoms with Crippen molar-refractivity contribution in [2.75, 3.05) is 24.5 Å². The molecule has 1 aromatic carbocycles. The molecule has 0 bridgehead atoms. The molecule has 1 aliphatic carbocycles. The minimum atomic E-state index is -0.304. The summed E-state index contributed by atoms with van der Waals surface area (Å²) >= 11 is 0. The number of amides is 3. The molecule has 1 saturated carbocycles. The molecule has 4 rings (SSSR count). The highest BCUT2D eigenvalue weighted by Crippen LogP contribution is 2.30. The Labute approximate surface area is 130 Å². The second kappa shape index (κ2) is 5.39. The summed E-state index contributed by atoms with van der Waals surface area (Å²) in [5, 5.41) is 0. The molecule has 22 heavy (non-hydrogen) atoms. The maximum absolute atomic E-state index is 12.7. The van der Waals surface area contributed by atoms with E-state index in [2.05, 4.69) is 4.90 Å². The predicted octanol–water partition coefficient (Wildman–Crippen LogP) is 2.08. The lowest BCUT2D eigenvalue weighted by molar-refractivity contribution is -0.121. The van der Waals surface area contributed by atoms with Gasteiger partial charge in [0.1, 0.15) is 6.04 Å². The Kier molecular flexibility index (Phi) is 3.37. The second-order valence-electron chi connectivity index (χ2n) is 6.43. The van der Waals surface area contributed by atoms with Gasteiger partial charge in [0.05, 0.1) is 5.69 Å². The van der Waals surface area contributed by atoms with Crippen molar-refractivity contribution < 1.29 is 9.59 Å². The molecule has 1 atom stereocenters. The highest BCUT2D eigenvalue weighted by molar-refractivity contribution is 6.21. The lowest BCUT2D eigenvalue weighted by Gasteiger charge is -2.38. The quantitative estimate of drug-likeness (QED) is 0.785. The molecule has 0 radical (unpaired) electrons. The van der Waals surface area contributed by atoms with Crippen LogP contribution in [-0.2, 0) is 4.79 Å². The van der Waals surface area contributed by atoms with E-state index in [9.17, 15) is 9.59 Å². The number of carbonyl (C=O) groups excluding carboxylic acids is 2. The van der Waals surface area contributed by atoms with Gasteiger partial charge in [-0.2, -0.15) is 0 Å². The van der Waals surface area contributed by atoms with E-state index in [0.717, 1.165) is 6.54 Å². The van der Waals surface area contributed by atoms with Crippen LogP contribution in [0.3, 0.4) is 0 Å². The van der Waals surface area contributed by atoms with Gasteiger partial charge in [0.2, 0.25) is 0 Å². The number of rotatable bonds is 2. The van der Waals surface area contributed by atoms with Crippen LogP contribution in [0.15, 0.2) is 30.3 Å². The summed E-state index contributed by atoms with van der Waals surface area (Å²) in [5.74, 6) is -0.0705. The molecule has 3 fully saturated rings. The van der Waals surface area contributed by atoms with E-state index in [4.69, 9.17) is 0 Å². The van der Waals surface area contributed by atoms with Crippen molar-refractivity contribution in [3.05, 3.63) is 30.3 Å². The SMILES string of the molecule is O=C1[C@@H]2CN(C3CCCC3)CCN2C(=O)N1c1ccccc1. The van der Waals surface area contributed by atoms with Crippen molar-refractivity contribution in [2.24, 2.45) is 0 Å². The smallest absolute Gasteiger partial charge is 0.309 e. The van der Waals surface area contributed by atoms with E-state index in [-0.39, 0.29) is 18.0 Å². The Morgan fingerprint density at radius 2 is 1.68 bits per heavy atom. The Hall–Kier alpha value is -1.88. The van der Waals surface area contributed by atoms with Crippen molar-refractivity contribution in [2.45, 2.75) is 37.8 Å². The Balaban J connectivity index is 1.56. The first-order valence-corrected chi connectivity index (χ1v) is 8.19. The van der Waals surface area contributed by atoms with Crippen LogP contribution in [0, 0.1) is 0 Å².